The predicted molar refractivity (Wildman–Crippen MR) is 95.4 cm³/mol. The van der Waals surface area contributed by atoms with Gasteiger partial charge >= 0.3 is 5.97 Å². The highest BCUT2D eigenvalue weighted by atomic mass is 16.7. The van der Waals surface area contributed by atoms with E-state index >= 15 is 0 Å². The molecule has 1 aromatic rings. The molecule has 6 N–H and O–H groups in total. The van der Waals surface area contributed by atoms with Crippen LogP contribution in [-0.2, 0) is 16.1 Å². The van der Waals surface area contributed by atoms with Gasteiger partial charge in [-0.2, -0.15) is 0 Å². The van der Waals surface area contributed by atoms with Crippen LogP contribution in [0.2, 0.25) is 0 Å². The highest BCUT2D eigenvalue weighted by Crippen LogP contribution is 2.25. The highest BCUT2D eigenvalue weighted by molar-refractivity contribution is 5.73. The molecule has 5 unspecified atom stereocenters. The molecule has 2 rings (SSSR count). The van der Waals surface area contributed by atoms with E-state index in [1.807, 2.05) is 0 Å². The molecule has 1 aliphatic heterocycles. The van der Waals surface area contributed by atoms with Gasteiger partial charge in [-0.25, -0.2) is 9.80 Å². The molecule has 0 saturated carbocycles. The number of aliphatic carboxylic acids is 1. The van der Waals surface area contributed by atoms with Crippen molar-refractivity contribution >= 4 is 5.97 Å². The van der Waals surface area contributed by atoms with Crippen LogP contribution in [0.1, 0.15) is 25.8 Å². The number of hydrogen-bond donors (Lipinski definition) is 5. The summed E-state index contributed by atoms with van der Waals surface area (Å²) in [5.41, 5.74) is 0.956. The third-order valence-corrected chi connectivity index (χ3v) is 4.37. The second kappa shape index (κ2) is 9.45. The molecule has 5 atom stereocenters. The van der Waals surface area contributed by atoms with E-state index in [2.05, 4.69) is 13.8 Å². The average molecular weight is 384 g/mol. The third kappa shape index (κ3) is 5.86. The Kier molecular flexibility index (Phi) is 7.54. The Morgan fingerprint density at radius 2 is 1.81 bits per heavy atom. The zero-order valence-corrected chi connectivity index (χ0v) is 15.4. The number of aliphatic hydroxyl groups excluding tert-OH is 3. The van der Waals surface area contributed by atoms with Crippen LogP contribution < -0.4 is 10.6 Å². The fraction of sp³-hybridized carbons (Fsp3) is 0.611. The number of carboxylic acids is 1. The standard InChI is InChI=1S/C18H28N2O7/c1-10(2)7-8-20(19)9-11-3-5-12(6-4-11)26-18-15(23)13(21)14(22)16(27-18)17(24)25/h3-6,10,13-16,18,21-23H,7-9,19H2,1-2H3,(H,24,25). The minimum absolute atomic E-state index is 0.321. The van der Waals surface area contributed by atoms with Gasteiger partial charge in [0.05, 0.1) is 0 Å². The van der Waals surface area contributed by atoms with Gasteiger partial charge in [-0.15, -0.1) is 0 Å². The molecule has 152 valence electrons. The summed E-state index contributed by atoms with van der Waals surface area (Å²) in [4.78, 5) is 11.1. The van der Waals surface area contributed by atoms with Crippen molar-refractivity contribution in [3.05, 3.63) is 29.8 Å². The van der Waals surface area contributed by atoms with Crippen molar-refractivity contribution in [2.75, 3.05) is 6.54 Å². The molecular formula is C18H28N2O7. The van der Waals surface area contributed by atoms with Gasteiger partial charge in [0.25, 0.3) is 0 Å². The number of carbonyl (C=O) groups is 1. The lowest BCUT2D eigenvalue weighted by Crippen LogP contribution is -2.61. The van der Waals surface area contributed by atoms with E-state index in [9.17, 15) is 20.1 Å². The summed E-state index contributed by atoms with van der Waals surface area (Å²) in [6, 6.07) is 6.85. The number of hydrogen-bond acceptors (Lipinski definition) is 8. The third-order valence-electron chi connectivity index (χ3n) is 4.37. The Hall–Kier alpha value is -1.75. The van der Waals surface area contributed by atoms with Crippen molar-refractivity contribution in [2.45, 2.75) is 57.5 Å². The smallest absolute Gasteiger partial charge is 0.335 e. The van der Waals surface area contributed by atoms with Crippen LogP contribution in [0, 0.1) is 5.92 Å². The van der Waals surface area contributed by atoms with Crippen LogP contribution in [0.15, 0.2) is 24.3 Å². The monoisotopic (exact) mass is 384 g/mol. The molecule has 1 saturated heterocycles. The summed E-state index contributed by atoms with van der Waals surface area (Å²) in [6.07, 6.45) is -7.16. The summed E-state index contributed by atoms with van der Waals surface area (Å²) < 4.78 is 10.5. The molecule has 27 heavy (non-hydrogen) atoms. The van der Waals surface area contributed by atoms with Crippen molar-refractivity contribution in [3.8, 4) is 5.75 Å². The first-order chi connectivity index (χ1) is 12.7. The van der Waals surface area contributed by atoms with E-state index in [1.54, 1.807) is 29.3 Å². The summed E-state index contributed by atoms with van der Waals surface area (Å²) in [6.45, 7) is 5.59. The van der Waals surface area contributed by atoms with Crippen LogP contribution in [0.5, 0.6) is 5.75 Å². The Labute approximate surface area is 157 Å². The first kappa shape index (κ1) is 21.5. The fourth-order valence-electron chi connectivity index (χ4n) is 2.69. The maximum absolute atomic E-state index is 11.1. The number of aliphatic hydroxyl groups is 3. The number of nitrogens with two attached hydrogens (primary N) is 1. The molecule has 0 aliphatic carbocycles. The predicted octanol–water partition coefficient (Wildman–Crippen LogP) is -0.321. The van der Waals surface area contributed by atoms with Gasteiger partial charge in [0, 0.05) is 13.1 Å². The van der Waals surface area contributed by atoms with Crippen LogP contribution >= 0.6 is 0 Å². The molecule has 1 aliphatic rings. The van der Waals surface area contributed by atoms with E-state index in [0.717, 1.165) is 18.5 Å². The summed E-state index contributed by atoms with van der Waals surface area (Å²) in [5, 5.41) is 40.2. The number of nitrogens with zero attached hydrogens (tertiary/aromatic N) is 1. The van der Waals surface area contributed by atoms with Gasteiger partial charge in [0.1, 0.15) is 24.1 Å². The van der Waals surface area contributed by atoms with Crippen molar-refractivity contribution in [1.29, 1.82) is 0 Å². The number of hydrazine groups is 1. The molecule has 0 aromatic heterocycles. The lowest BCUT2D eigenvalue weighted by Gasteiger charge is -2.38. The minimum Gasteiger partial charge on any atom is -0.479 e. The number of carboxylic acid groups (broad SMARTS) is 1. The Morgan fingerprint density at radius 3 is 2.37 bits per heavy atom. The first-order valence-electron chi connectivity index (χ1n) is 8.86. The van der Waals surface area contributed by atoms with E-state index in [0.29, 0.717) is 18.2 Å². The van der Waals surface area contributed by atoms with E-state index in [1.165, 1.54) is 0 Å². The zero-order valence-electron chi connectivity index (χ0n) is 15.4. The van der Waals surface area contributed by atoms with E-state index < -0.39 is 36.7 Å². The topological polar surface area (TPSA) is 146 Å². The van der Waals surface area contributed by atoms with Crippen molar-refractivity contribution in [2.24, 2.45) is 11.8 Å². The van der Waals surface area contributed by atoms with E-state index in [-0.39, 0.29) is 0 Å². The van der Waals surface area contributed by atoms with E-state index in [4.69, 9.17) is 20.4 Å². The molecular weight excluding hydrogens is 356 g/mol. The normalized spacial score (nSPS) is 28.5. The molecule has 0 spiro atoms. The van der Waals surface area contributed by atoms with Gasteiger partial charge in [0.2, 0.25) is 6.29 Å². The van der Waals surface area contributed by atoms with Crippen molar-refractivity contribution < 1.29 is 34.7 Å². The molecule has 9 heteroatoms. The second-order valence-corrected chi connectivity index (χ2v) is 7.15. The Bertz CT molecular complexity index is 610. The molecule has 0 amide bonds. The van der Waals surface area contributed by atoms with Gasteiger partial charge in [-0.05, 0) is 30.0 Å². The van der Waals surface area contributed by atoms with Crippen LogP contribution in [0.25, 0.3) is 0 Å². The highest BCUT2D eigenvalue weighted by Gasteiger charge is 2.48. The maximum Gasteiger partial charge on any atom is 0.335 e. The minimum atomic E-state index is -1.75. The zero-order chi connectivity index (χ0) is 20.1. The van der Waals surface area contributed by atoms with Crippen LogP contribution in [-0.4, -0.2) is 68.7 Å². The van der Waals surface area contributed by atoms with Gasteiger partial charge in [-0.1, -0.05) is 26.0 Å². The Balaban J connectivity index is 1.96. The molecule has 0 radical (unpaired) electrons. The Morgan fingerprint density at radius 1 is 1.19 bits per heavy atom. The first-order valence-corrected chi connectivity index (χ1v) is 8.86. The lowest BCUT2D eigenvalue weighted by molar-refractivity contribution is -0.271. The number of rotatable bonds is 8. The summed E-state index contributed by atoms with van der Waals surface area (Å²) in [5.74, 6) is 5.40. The van der Waals surface area contributed by atoms with Crippen LogP contribution in [0.3, 0.4) is 0 Å². The van der Waals surface area contributed by atoms with Gasteiger partial charge in [0.15, 0.2) is 6.10 Å². The lowest BCUT2D eigenvalue weighted by atomic mass is 9.99. The molecule has 0 bridgehead atoms. The molecule has 1 heterocycles. The largest absolute Gasteiger partial charge is 0.479 e. The SMILES string of the molecule is CC(C)CCN(N)Cc1ccc(OC2OC(C(=O)O)C(O)C(O)C2O)cc1. The molecule has 9 nitrogen and oxygen atoms in total. The quantitative estimate of drug-likeness (QED) is 0.301. The summed E-state index contributed by atoms with van der Waals surface area (Å²) in [7, 11) is 0. The summed E-state index contributed by atoms with van der Waals surface area (Å²) >= 11 is 0. The van der Waals surface area contributed by atoms with Crippen molar-refractivity contribution in [3.63, 3.8) is 0 Å². The van der Waals surface area contributed by atoms with Gasteiger partial charge < -0.3 is 29.9 Å². The van der Waals surface area contributed by atoms with Crippen LogP contribution in [0.4, 0.5) is 0 Å². The maximum atomic E-state index is 11.1. The average Bonchev–Trinajstić information content (AvgIpc) is 2.61. The van der Waals surface area contributed by atoms with Gasteiger partial charge in [-0.3, -0.25) is 5.84 Å². The number of ether oxygens (including phenoxy) is 2. The van der Waals surface area contributed by atoms with Crippen molar-refractivity contribution in [1.82, 2.24) is 5.01 Å². The molecule has 1 fully saturated rings. The second-order valence-electron chi connectivity index (χ2n) is 7.15. The fourth-order valence-corrected chi connectivity index (χ4v) is 2.69. The number of benzene rings is 1. The molecule has 1 aromatic carbocycles.